The summed E-state index contributed by atoms with van der Waals surface area (Å²) in [5, 5.41) is -0.120. The molecular formula is C11H13ClF2N2O. The molecule has 0 spiro atoms. The van der Waals surface area contributed by atoms with Crippen molar-refractivity contribution in [3.05, 3.63) is 34.4 Å². The quantitative estimate of drug-likeness (QED) is 0.848. The van der Waals surface area contributed by atoms with Crippen molar-refractivity contribution in [1.82, 2.24) is 4.90 Å². The monoisotopic (exact) mass is 262 g/mol. The van der Waals surface area contributed by atoms with Crippen molar-refractivity contribution in [2.45, 2.75) is 13.0 Å². The molecule has 0 fully saturated rings. The number of carbonyl (C=O) groups excluding carboxylic acids is 1. The maximum atomic E-state index is 13.0. The first-order valence-electron chi connectivity index (χ1n) is 5.00. The lowest BCUT2D eigenvalue weighted by Gasteiger charge is -2.24. The molecular weight excluding hydrogens is 250 g/mol. The van der Waals surface area contributed by atoms with Crippen molar-refractivity contribution in [2.24, 2.45) is 5.73 Å². The van der Waals surface area contributed by atoms with E-state index in [-0.39, 0.29) is 23.2 Å². The first-order chi connectivity index (χ1) is 7.88. The Bertz CT molecular complexity index is 440. The van der Waals surface area contributed by atoms with E-state index in [1.807, 2.05) is 0 Å². The van der Waals surface area contributed by atoms with E-state index in [4.69, 9.17) is 17.3 Å². The zero-order chi connectivity index (χ0) is 13.2. The van der Waals surface area contributed by atoms with E-state index >= 15 is 0 Å². The number of rotatable bonds is 3. The first-order valence-corrected chi connectivity index (χ1v) is 5.38. The SMILES string of the molecule is CC(CN)N(C)C(=O)c1cc(F)c(F)cc1Cl. The standard InChI is InChI=1S/C11H13ClF2N2O/c1-6(5-15)16(2)11(17)7-3-9(13)10(14)4-8(7)12/h3-4,6H,5,15H2,1-2H3. The zero-order valence-electron chi connectivity index (χ0n) is 9.51. The first kappa shape index (κ1) is 13.9. The third-order valence-electron chi connectivity index (χ3n) is 2.56. The molecule has 94 valence electrons. The fourth-order valence-corrected chi connectivity index (χ4v) is 1.47. The molecule has 1 atom stereocenters. The summed E-state index contributed by atoms with van der Waals surface area (Å²) in [6, 6.07) is 1.36. The highest BCUT2D eigenvalue weighted by Gasteiger charge is 2.20. The van der Waals surface area contributed by atoms with Crippen LogP contribution in [0.4, 0.5) is 8.78 Å². The van der Waals surface area contributed by atoms with E-state index < -0.39 is 17.5 Å². The van der Waals surface area contributed by atoms with E-state index in [2.05, 4.69) is 0 Å². The van der Waals surface area contributed by atoms with Gasteiger partial charge in [-0.1, -0.05) is 11.6 Å². The van der Waals surface area contributed by atoms with Gasteiger partial charge in [0.15, 0.2) is 11.6 Å². The molecule has 1 rings (SSSR count). The van der Waals surface area contributed by atoms with Crippen molar-refractivity contribution >= 4 is 17.5 Å². The van der Waals surface area contributed by atoms with Gasteiger partial charge in [0.1, 0.15) is 0 Å². The van der Waals surface area contributed by atoms with E-state index in [1.165, 1.54) is 11.9 Å². The molecule has 2 N–H and O–H groups in total. The Morgan fingerprint density at radius 2 is 2.00 bits per heavy atom. The third-order valence-corrected chi connectivity index (χ3v) is 2.88. The minimum absolute atomic E-state index is 0.0756. The molecule has 0 heterocycles. The summed E-state index contributed by atoms with van der Waals surface area (Å²) in [6.45, 7) is 2.01. The number of nitrogens with two attached hydrogens (primary N) is 1. The highest BCUT2D eigenvalue weighted by molar-refractivity contribution is 6.33. The predicted octanol–water partition coefficient (Wildman–Crippen LogP) is 2.04. The number of halogens is 3. The van der Waals surface area contributed by atoms with Gasteiger partial charge >= 0.3 is 0 Å². The Morgan fingerprint density at radius 1 is 1.47 bits per heavy atom. The van der Waals surface area contributed by atoms with Crippen LogP contribution in [0, 0.1) is 11.6 Å². The molecule has 1 unspecified atom stereocenters. The summed E-state index contributed by atoms with van der Waals surface area (Å²) in [4.78, 5) is 13.3. The van der Waals surface area contributed by atoms with Gasteiger partial charge in [0, 0.05) is 19.6 Å². The molecule has 1 aromatic rings. The second-order valence-corrected chi connectivity index (χ2v) is 4.15. The Morgan fingerprint density at radius 3 is 2.53 bits per heavy atom. The molecule has 0 radical (unpaired) electrons. The largest absolute Gasteiger partial charge is 0.338 e. The van der Waals surface area contributed by atoms with Gasteiger partial charge in [-0.05, 0) is 19.1 Å². The Labute approximate surface area is 103 Å². The van der Waals surface area contributed by atoms with Crippen LogP contribution in [0.3, 0.4) is 0 Å². The molecule has 0 aliphatic heterocycles. The summed E-state index contributed by atoms with van der Waals surface area (Å²) in [5.41, 5.74) is 5.34. The van der Waals surface area contributed by atoms with Crippen LogP contribution in [0.15, 0.2) is 12.1 Å². The summed E-state index contributed by atoms with van der Waals surface area (Å²) in [7, 11) is 1.53. The number of likely N-dealkylation sites (N-methyl/N-ethyl adjacent to an activating group) is 1. The number of nitrogens with zero attached hydrogens (tertiary/aromatic N) is 1. The molecule has 0 saturated carbocycles. The van der Waals surface area contributed by atoms with E-state index in [1.54, 1.807) is 6.92 Å². The van der Waals surface area contributed by atoms with Crippen LogP contribution in [0.5, 0.6) is 0 Å². The third kappa shape index (κ3) is 2.92. The lowest BCUT2D eigenvalue weighted by Crippen LogP contribution is -2.39. The maximum Gasteiger partial charge on any atom is 0.255 e. The van der Waals surface area contributed by atoms with Crippen LogP contribution in [0.2, 0.25) is 5.02 Å². The lowest BCUT2D eigenvalue weighted by atomic mass is 10.1. The van der Waals surface area contributed by atoms with Crippen LogP contribution in [0.1, 0.15) is 17.3 Å². The van der Waals surface area contributed by atoms with Gasteiger partial charge in [0.05, 0.1) is 10.6 Å². The molecule has 0 aromatic heterocycles. The fraction of sp³-hybridized carbons (Fsp3) is 0.364. The van der Waals surface area contributed by atoms with Crippen LogP contribution >= 0.6 is 11.6 Å². The van der Waals surface area contributed by atoms with E-state index in [0.717, 1.165) is 12.1 Å². The number of hydrogen-bond donors (Lipinski definition) is 1. The van der Waals surface area contributed by atoms with Crippen molar-refractivity contribution in [2.75, 3.05) is 13.6 Å². The van der Waals surface area contributed by atoms with Crippen LogP contribution in [-0.4, -0.2) is 30.4 Å². The molecule has 1 amide bonds. The van der Waals surface area contributed by atoms with Crippen molar-refractivity contribution < 1.29 is 13.6 Å². The molecule has 0 aliphatic rings. The molecule has 0 aliphatic carbocycles. The second kappa shape index (κ2) is 5.42. The normalized spacial score (nSPS) is 12.4. The number of amides is 1. The smallest absolute Gasteiger partial charge is 0.255 e. The van der Waals surface area contributed by atoms with Gasteiger partial charge < -0.3 is 10.6 Å². The highest BCUT2D eigenvalue weighted by atomic mass is 35.5. The van der Waals surface area contributed by atoms with Gasteiger partial charge in [-0.2, -0.15) is 0 Å². The molecule has 6 heteroatoms. The summed E-state index contributed by atoms with van der Waals surface area (Å²) in [6.07, 6.45) is 0. The Hall–Kier alpha value is -1.20. The number of hydrogen-bond acceptors (Lipinski definition) is 2. The van der Waals surface area contributed by atoms with Gasteiger partial charge in [-0.3, -0.25) is 4.79 Å². The minimum atomic E-state index is -1.11. The lowest BCUT2D eigenvalue weighted by molar-refractivity contribution is 0.0748. The Balaban J connectivity index is 3.08. The summed E-state index contributed by atoms with van der Waals surface area (Å²) < 4.78 is 25.9. The summed E-state index contributed by atoms with van der Waals surface area (Å²) in [5.74, 6) is -2.68. The van der Waals surface area contributed by atoms with Crippen molar-refractivity contribution in [3.63, 3.8) is 0 Å². The zero-order valence-corrected chi connectivity index (χ0v) is 10.3. The van der Waals surface area contributed by atoms with E-state index in [0.29, 0.717) is 0 Å². The maximum absolute atomic E-state index is 13.0. The molecule has 0 saturated heterocycles. The number of benzene rings is 1. The van der Waals surface area contributed by atoms with E-state index in [9.17, 15) is 13.6 Å². The fourth-order valence-electron chi connectivity index (χ4n) is 1.23. The van der Waals surface area contributed by atoms with Crippen molar-refractivity contribution in [1.29, 1.82) is 0 Å². The van der Waals surface area contributed by atoms with Crippen molar-refractivity contribution in [3.8, 4) is 0 Å². The minimum Gasteiger partial charge on any atom is -0.338 e. The average Bonchev–Trinajstić information content (AvgIpc) is 2.31. The molecule has 1 aromatic carbocycles. The van der Waals surface area contributed by atoms with Gasteiger partial charge in [-0.25, -0.2) is 8.78 Å². The van der Waals surface area contributed by atoms with Gasteiger partial charge in [-0.15, -0.1) is 0 Å². The van der Waals surface area contributed by atoms with Crippen LogP contribution in [0.25, 0.3) is 0 Å². The van der Waals surface area contributed by atoms with Crippen LogP contribution in [-0.2, 0) is 0 Å². The topological polar surface area (TPSA) is 46.3 Å². The summed E-state index contributed by atoms with van der Waals surface area (Å²) >= 11 is 5.70. The second-order valence-electron chi connectivity index (χ2n) is 3.75. The molecule has 0 bridgehead atoms. The molecule has 3 nitrogen and oxygen atoms in total. The molecule has 17 heavy (non-hydrogen) atoms. The highest BCUT2D eigenvalue weighted by Crippen LogP contribution is 2.21. The predicted molar refractivity (Wildman–Crippen MR) is 62.0 cm³/mol. The Kier molecular flexibility index (Phi) is 4.42. The average molecular weight is 263 g/mol. The van der Waals surface area contributed by atoms with Crippen LogP contribution < -0.4 is 5.73 Å². The van der Waals surface area contributed by atoms with Gasteiger partial charge in [0.2, 0.25) is 0 Å². The van der Waals surface area contributed by atoms with Gasteiger partial charge in [0.25, 0.3) is 5.91 Å². The number of carbonyl (C=O) groups is 1.